The fraction of sp³-hybridized carbons (Fsp3) is 0.529. The third-order valence-corrected chi connectivity index (χ3v) is 3.85. The van der Waals surface area contributed by atoms with Gasteiger partial charge in [-0.15, -0.1) is 0 Å². The molecular formula is C17H23NO4. The molecule has 1 saturated heterocycles. The zero-order valence-corrected chi connectivity index (χ0v) is 12.9. The van der Waals surface area contributed by atoms with Crippen LogP contribution in [0.4, 0.5) is 0 Å². The second kappa shape index (κ2) is 7.94. The minimum Gasteiger partial charge on any atom is -0.478 e. The maximum atomic E-state index is 12.1. The molecule has 2 N–H and O–H groups in total. The first kappa shape index (κ1) is 16.5. The van der Waals surface area contributed by atoms with Gasteiger partial charge in [0.15, 0.2) is 0 Å². The van der Waals surface area contributed by atoms with Crippen LogP contribution in [-0.4, -0.2) is 36.2 Å². The first-order valence-corrected chi connectivity index (χ1v) is 7.81. The third kappa shape index (κ3) is 4.84. The third-order valence-electron chi connectivity index (χ3n) is 3.85. The lowest BCUT2D eigenvalue weighted by molar-refractivity contribution is 0.0102. The minimum atomic E-state index is -1.02. The van der Waals surface area contributed by atoms with E-state index < -0.39 is 5.97 Å². The monoisotopic (exact) mass is 305 g/mol. The van der Waals surface area contributed by atoms with Crippen LogP contribution in [0.2, 0.25) is 0 Å². The number of benzene rings is 1. The van der Waals surface area contributed by atoms with E-state index in [9.17, 15) is 9.59 Å². The molecule has 0 radical (unpaired) electrons. The van der Waals surface area contributed by atoms with Gasteiger partial charge in [0.1, 0.15) is 0 Å². The Labute approximate surface area is 130 Å². The number of hydrogen-bond acceptors (Lipinski definition) is 3. The average Bonchev–Trinajstić information content (AvgIpc) is 2.51. The van der Waals surface area contributed by atoms with E-state index in [4.69, 9.17) is 9.84 Å². The molecule has 0 aliphatic carbocycles. The standard InChI is InChI=1S/C17H23NO4/c1-12-9-13(11-14(10-12)17(20)21)16(19)18-7-4-6-15-5-2-3-8-22-15/h9-11,15H,2-8H2,1H3,(H,18,19)(H,20,21). The lowest BCUT2D eigenvalue weighted by Gasteiger charge is -2.22. The molecule has 1 unspecified atom stereocenters. The number of amides is 1. The largest absolute Gasteiger partial charge is 0.478 e. The summed E-state index contributed by atoms with van der Waals surface area (Å²) >= 11 is 0. The normalized spacial score (nSPS) is 18.0. The van der Waals surface area contributed by atoms with Gasteiger partial charge in [-0.2, -0.15) is 0 Å². The molecule has 5 nitrogen and oxygen atoms in total. The van der Waals surface area contributed by atoms with Crippen molar-refractivity contribution in [1.82, 2.24) is 5.32 Å². The number of aryl methyl sites for hydroxylation is 1. The number of carbonyl (C=O) groups is 2. The summed E-state index contributed by atoms with van der Waals surface area (Å²) in [5.41, 5.74) is 1.30. The zero-order valence-electron chi connectivity index (χ0n) is 12.9. The molecule has 1 amide bonds. The molecule has 120 valence electrons. The van der Waals surface area contributed by atoms with Crippen LogP contribution in [0.5, 0.6) is 0 Å². The summed E-state index contributed by atoms with van der Waals surface area (Å²) in [6, 6.07) is 4.67. The van der Waals surface area contributed by atoms with Gasteiger partial charge in [-0.05, 0) is 62.8 Å². The van der Waals surface area contributed by atoms with Gasteiger partial charge < -0.3 is 15.2 Å². The summed E-state index contributed by atoms with van der Waals surface area (Å²) in [6.45, 7) is 3.21. The second-order valence-electron chi connectivity index (χ2n) is 5.78. The van der Waals surface area contributed by atoms with E-state index in [1.54, 1.807) is 19.1 Å². The van der Waals surface area contributed by atoms with E-state index >= 15 is 0 Å². The van der Waals surface area contributed by atoms with Crippen LogP contribution in [-0.2, 0) is 4.74 Å². The molecular weight excluding hydrogens is 282 g/mol. The SMILES string of the molecule is Cc1cc(C(=O)O)cc(C(=O)NCCCC2CCCCO2)c1. The van der Waals surface area contributed by atoms with Crippen molar-refractivity contribution in [2.45, 2.75) is 45.1 Å². The van der Waals surface area contributed by atoms with Gasteiger partial charge in [0.2, 0.25) is 0 Å². The van der Waals surface area contributed by atoms with Crippen molar-refractivity contribution >= 4 is 11.9 Å². The van der Waals surface area contributed by atoms with Gasteiger partial charge >= 0.3 is 5.97 Å². The molecule has 0 aromatic heterocycles. The van der Waals surface area contributed by atoms with Crippen LogP contribution in [0.15, 0.2) is 18.2 Å². The molecule has 0 spiro atoms. The van der Waals surface area contributed by atoms with E-state index in [2.05, 4.69) is 5.32 Å². The molecule has 1 aromatic carbocycles. The number of carbonyl (C=O) groups excluding carboxylic acids is 1. The van der Waals surface area contributed by atoms with E-state index in [1.807, 2.05) is 0 Å². The van der Waals surface area contributed by atoms with Gasteiger partial charge in [0.05, 0.1) is 11.7 Å². The Morgan fingerprint density at radius 3 is 2.73 bits per heavy atom. The van der Waals surface area contributed by atoms with E-state index in [-0.39, 0.29) is 11.5 Å². The average molecular weight is 305 g/mol. The molecule has 0 bridgehead atoms. The molecule has 1 aliphatic heterocycles. The van der Waals surface area contributed by atoms with E-state index in [0.29, 0.717) is 18.2 Å². The van der Waals surface area contributed by atoms with Crippen LogP contribution in [0.3, 0.4) is 0 Å². The Balaban J connectivity index is 1.80. The Morgan fingerprint density at radius 2 is 2.05 bits per heavy atom. The van der Waals surface area contributed by atoms with Crippen molar-refractivity contribution < 1.29 is 19.4 Å². The van der Waals surface area contributed by atoms with Crippen LogP contribution in [0.1, 0.15) is 58.4 Å². The number of aromatic carboxylic acids is 1. The summed E-state index contributed by atoms with van der Waals surface area (Å²) in [6.07, 6.45) is 5.62. The number of rotatable bonds is 6. The summed E-state index contributed by atoms with van der Waals surface area (Å²) in [5, 5.41) is 11.9. The maximum Gasteiger partial charge on any atom is 0.335 e. The van der Waals surface area contributed by atoms with E-state index in [0.717, 1.165) is 37.9 Å². The predicted octanol–water partition coefficient (Wildman–Crippen LogP) is 2.77. The van der Waals surface area contributed by atoms with Crippen molar-refractivity contribution in [2.24, 2.45) is 0 Å². The van der Waals surface area contributed by atoms with Crippen LogP contribution in [0.25, 0.3) is 0 Å². The lowest BCUT2D eigenvalue weighted by atomic mass is 10.0. The smallest absolute Gasteiger partial charge is 0.335 e. The first-order chi connectivity index (χ1) is 10.6. The number of carboxylic acid groups (broad SMARTS) is 1. The van der Waals surface area contributed by atoms with Gasteiger partial charge in [0, 0.05) is 18.7 Å². The minimum absolute atomic E-state index is 0.140. The number of hydrogen-bond donors (Lipinski definition) is 2. The zero-order chi connectivity index (χ0) is 15.9. The number of carboxylic acids is 1. The van der Waals surface area contributed by atoms with Crippen LogP contribution in [0, 0.1) is 6.92 Å². The molecule has 1 atom stereocenters. The van der Waals surface area contributed by atoms with Crippen LogP contribution >= 0.6 is 0 Å². The van der Waals surface area contributed by atoms with Crippen molar-refractivity contribution in [1.29, 1.82) is 0 Å². The highest BCUT2D eigenvalue weighted by Gasteiger charge is 2.14. The molecule has 1 aromatic rings. The molecule has 1 aliphatic rings. The Kier molecular flexibility index (Phi) is 5.95. The van der Waals surface area contributed by atoms with Crippen molar-refractivity contribution in [3.8, 4) is 0 Å². The maximum absolute atomic E-state index is 12.1. The topological polar surface area (TPSA) is 75.6 Å². The quantitative estimate of drug-likeness (QED) is 0.792. The molecule has 22 heavy (non-hydrogen) atoms. The predicted molar refractivity (Wildman–Crippen MR) is 83.3 cm³/mol. The Bertz CT molecular complexity index is 535. The first-order valence-electron chi connectivity index (χ1n) is 7.81. The summed E-state index contributed by atoms with van der Waals surface area (Å²) in [5.74, 6) is -1.25. The Hall–Kier alpha value is -1.88. The molecule has 2 rings (SSSR count). The van der Waals surface area contributed by atoms with E-state index in [1.165, 1.54) is 12.5 Å². The highest BCUT2D eigenvalue weighted by atomic mass is 16.5. The second-order valence-corrected chi connectivity index (χ2v) is 5.78. The fourth-order valence-corrected chi connectivity index (χ4v) is 2.71. The molecule has 1 heterocycles. The fourth-order valence-electron chi connectivity index (χ4n) is 2.71. The molecule has 5 heteroatoms. The summed E-state index contributed by atoms with van der Waals surface area (Å²) in [4.78, 5) is 23.1. The Morgan fingerprint density at radius 1 is 1.27 bits per heavy atom. The van der Waals surface area contributed by atoms with Gasteiger partial charge in [-0.1, -0.05) is 0 Å². The molecule has 1 fully saturated rings. The van der Waals surface area contributed by atoms with Crippen molar-refractivity contribution in [3.63, 3.8) is 0 Å². The highest BCUT2D eigenvalue weighted by Crippen LogP contribution is 2.16. The van der Waals surface area contributed by atoms with Crippen LogP contribution < -0.4 is 5.32 Å². The van der Waals surface area contributed by atoms with Gasteiger partial charge in [-0.3, -0.25) is 4.79 Å². The summed E-state index contributed by atoms with van der Waals surface area (Å²) in [7, 11) is 0. The molecule has 0 saturated carbocycles. The van der Waals surface area contributed by atoms with Gasteiger partial charge in [0.25, 0.3) is 5.91 Å². The van der Waals surface area contributed by atoms with Crippen molar-refractivity contribution in [3.05, 3.63) is 34.9 Å². The highest BCUT2D eigenvalue weighted by molar-refractivity contribution is 5.97. The van der Waals surface area contributed by atoms with Crippen molar-refractivity contribution in [2.75, 3.05) is 13.2 Å². The number of ether oxygens (including phenoxy) is 1. The number of nitrogens with one attached hydrogen (secondary N) is 1. The summed E-state index contributed by atoms with van der Waals surface area (Å²) < 4.78 is 5.65. The lowest BCUT2D eigenvalue weighted by Crippen LogP contribution is -2.26. The van der Waals surface area contributed by atoms with Gasteiger partial charge in [-0.25, -0.2) is 4.79 Å².